The van der Waals surface area contributed by atoms with E-state index in [4.69, 9.17) is 4.42 Å². The summed E-state index contributed by atoms with van der Waals surface area (Å²) in [6.07, 6.45) is 2.24. The maximum Gasteiger partial charge on any atom is 0.291 e. The molecule has 1 N–H and O–H groups in total. The molecule has 120 valence electrons. The fraction of sp³-hybridized carbons (Fsp3) is 0.375. The van der Waals surface area contributed by atoms with Gasteiger partial charge < -0.3 is 14.6 Å². The molecular weight excluding hydrogens is 296 g/mol. The van der Waals surface area contributed by atoms with Crippen LogP contribution in [0.25, 0.3) is 0 Å². The van der Waals surface area contributed by atoms with E-state index < -0.39 is 0 Å². The van der Waals surface area contributed by atoms with Crippen molar-refractivity contribution in [3.8, 4) is 0 Å². The van der Waals surface area contributed by atoms with Crippen molar-refractivity contribution in [1.82, 2.24) is 14.9 Å². The van der Waals surface area contributed by atoms with Crippen molar-refractivity contribution in [3.63, 3.8) is 0 Å². The fourth-order valence-electron chi connectivity index (χ4n) is 2.70. The van der Waals surface area contributed by atoms with Crippen LogP contribution >= 0.6 is 0 Å². The number of hydrogen-bond donors (Lipinski definition) is 1. The number of hydrogen-bond acceptors (Lipinski definition) is 5. The first-order valence-corrected chi connectivity index (χ1v) is 7.50. The maximum atomic E-state index is 12.5. The lowest BCUT2D eigenvalue weighted by molar-refractivity contribution is -0.119. The van der Waals surface area contributed by atoms with Crippen molar-refractivity contribution in [2.24, 2.45) is 5.92 Å². The van der Waals surface area contributed by atoms with E-state index in [0.29, 0.717) is 36.9 Å². The number of anilines is 1. The van der Waals surface area contributed by atoms with Crippen LogP contribution in [0.3, 0.4) is 0 Å². The Morgan fingerprint density at radius 1 is 1.35 bits per heavy atom. The standard InChI is InChI=1S/C16H18N4O3/c1-10-14(23-11(2)18-10)16(22)20-8-6-12(9-20)15(21)19-13-5-3-4-7-17-13/h3-5,7,12H,6,8-9H2,1-2H3,(H,17,19,21)/t12-/m0/s1. The summed E-state index contributed by atoms with van der Waals surface area (Å²) in [6.45, 7) is 4.34. The molecule has 0 saturated carbocycles. The van der Waals surface area contributed by atoms with Gasteiger partial charge in [0.05, 0.1) is 11.6 Å². The molecule has 0 spiro atoms. The Balaban J connectivity index is 1.63. The third-order valence-corrected chi connectivity index (χ3v) is 3.86. The first kappa shape index (κ1) is 15.2. The lowest BCUT2D eigenvalue weighted by atomic mass is 10.1. The molecule has 0 aromatic carbocycles. The predicted octanol–water partition coefficient (Wildman–Crippen LogP) is 1.79. The summed E-state index contributed by atoms with van der Waals surface area (Å²) in [5.41, 5.74) is 0.578. The number of likely N-dealkylation sites (tertiary alicyclic amines) is 1. The van der Waals surface area contributed by atoms with Gasteiger partial charge in [-0.2, -0.15) is 0 Å². The van der Waals surface area contributed by atoms with Crippen molar-refractivity contribution in [2.45, 2.75) is 20.3 Å². The Morgan fingerprint density at radius 3 is 2.83 bits per heavy atom. The van der Waals surface area contributed by atoms with Crippen LogP contribution < -0.4 is 5.32 Å². The summed E-state index contributed by atoms with van der Waals surface area (Å²) in [5, 5.41) is 2.77. The highest BCUT2D eigenvalue weighted by atomic mass is 16.4. The average molecular weight is 314 g/mol. The quantitative estimate of drug-likeness (QED) is 0.933. The first-order valence-electron chi connectivity index (χ1n) is 7.50. The second-order valence-corrected chi connectivity index (χ2v) is 5.59. The Hall–Kier alpha value is -2.70. The van der Waals surface area contributed by atoms with Crippen molar-refractivity contribution in [1.29, 1.82) is 0 Å². The molecule has 2 aromatic heterocycles. The monoisotopic (exact) mass is 314 g/mol. The van der Waals surface area contributed by atoms with E-state index in [1.807, 2.05) is 6.07 Å². The van der Waals surface area contributed by atoms with E-state index in [1.165, 1.54) is 0 Å². The van der Waals surface area contributed by atoms with Crippen LogP contribution in [-0.2, 0) is 4.79 Å². The van der Waals surface area contributed by atoms with Gasteiger partial charge in [0, 0.05) is 26.2 Å². The number of nitrogens with zero attached hydrogens (tertiary/aromatic N) is 3. The lowest BCUT2D eigenvalue weighted by Gasteiger charge is -2.15. The molecule has 1 atom stereocenters. The third kappa shape index (κ3) is 3.23. The highest BCUT2D eigenvalue weighted by Crippen LogP contribution is 2.21. The van der Waals surface area contributed by atoms with Gasteiger partial charge in [0.1, 0.15) is 5.82 Å². The van der Waals surface area contributed by atoms with E-state index in [-0.39, 0.29) is 23.5 Å². The molecule has 1 saturated heterocycles. The largest absolute Gasteiger partial charge is 0.436 e. The first-order chi connectivity index (χ1) is 11.0. The predicted molar refractivity (Wildman–Crippen MR) is 82.9 cm³/mol. The maximum absolute atomic E-state index is 12.5. The molecule has 0 radical (unpaired) electrons. The molecule has 3 rings (SSSR count). The minimum atomic E-state index is -0.245. The number of pyridine rings is 1. The van der Waals surface area contributed by atoms with Crippen molar-refractivity contribution in [3.05, 3.63) is 41.7 Å². The van der Waals surface area contributed by atoms with Crippen LogP contribution in [-0.4, -0.2) is 39.8 Å². The third-order valence-electron chi connectivity index (χ3n) is 3.86. The summed E-state index contributed by atoms with van der Waals surface area (Å²) >= 11 is 0. The molecule has 0 unspecified atom stereocenters. The number of aryl methyl sites for hydroxylation is 2. The molecule has 0 aliphatic carbocycles. The van der Waals surface area contributed by atoms with Crippen LogP contribution in [0, 0.1) is 19.8 Å². The topological polar surface area (TPSA) is 88.3 Å². The normalized spacial score (nSPS) is 17.3. The van der Waals surface area contributed by atoms with Crippen LogP contribution in [0.1, 0.15) is 28.6 Å². The van der Waals surface area contributed by atoms with Gasteiger partial charge in [-0.05, 0) is 25.5 Å². The second-order valence-electron chi connectivity index (χ2n) is 5.59. The molecule has 3 heterocycles. The molecule has 7 heteroatoms. The zero-order chi connectivity index (χ0) is 16.4. The van der Waals surface area contributed by atoms with Crippen molar-refractivity contribution in [2.75, 3.05) is 18.4 Å². The minimum absolute atomic E-state index is 0.121. The van der Waals surface area contributed by atoms with E-state index in [0.717, 1.165) is 0 Å². The number of aromatic nitrogens is 2. The Bertz CT molecular complexity index is 726. The Labute approximate surface area is 133 Å². The molecule has 1 aliphatic rings. The van der Waals surface area contributed by atoms with E-state index in [9.17, 15) is 9.59 Å². The number of amides is 2. The zero-order valence-corrected chi connectivity index (χ0v) is 13.1. The van der Waals surface area contributed by atoms with Gasteiger partial charge >= 0.3 is 0 Å². The van der Waals surface area contributed by atoms with Gasteiger partial charge in [0.25, 0.3) is 5.91 Å². The minimum Gasteiger partial charge on any atom is -0.436 e. The number of carbonyl (C=O) groups excluding carboxylic acids is 2. The number of rotatable bonds is 3. The van der Waals surface area contributed by atoms with Gasteiger partial charge in [-0.25, -0.2) is 9.97 Å². The van der Waals surface area contributed by atoms with E-state index >= 15 is 0 Å². The highest BCUT2D eigenvalue weighted by molar-refractivity contribution is 5.95. The number of carbonyl (C=O) groups is 2. The van der Waals surface area contributed by atoms with Gasteiger partial charge in [0.2, 0.25) is 11.7 Å². The van der Waals surface area contributed by atoms with Crippen LogP contribution in [0.4, 0.5) is 5.82 Å². The Morgan fingerprint density at radius 2 is 2.17 bits per heavy atom. The lowest BCUT2D eigenvalue weighted by Crippen LogP contribution is -2.31. The Kier molecular flexibility index (Phi) is 4.10. The van der Waals surface area contributed by atoms with Crippen LogP contribution in [0.5, 0.6) is 0 Å². The fourth-order valence-corrected chi connectivity index (χ4v) is 2.70. The highest BCUT2D eigenvalue weighted by Gasteiger charge is 2.33. The molecular formula is C16H18N4O3. The van der Waals surface area contributed by atoms with Gasteiger partial charge in [0.15, 0.2) is 5.89 Å². The van der Waals surface area contributed by atoms with Crippen LogP contribution in [0.15, 0.2) is 28.8 Å². The molecule has 0 bridgehead atoms. The average Bonchev–Trinajstić information content (AvgIpc) is 3.14. The van der Waals surface area contributed by atoms with E-state index in [1.54, 1.807) is 37.1 Å². The number of nitrogens with one attached hydrogen (secondary N) is 1. The second kappa shape index (κ2) is 6.20. The van der Waals surface area contributed by atoms with E-state index in [2.05, 4.69) is 15.3 Å². The van der Waals surface area contributed by atoms with Gasteiger partial charge in [-0.15, -0.1) is 0 Å². The SMILES string of the molecule is Cc1nc(C)c(C(=O)N2CC[C@H](C(=O)Nc3ccccn3)C2)o1. The van der Waals surface area contributed by atoms with Crippen LogP contribution in [0.2, 0.25) is 0 Å². The van der Waals surface area contributed by atoms with Crippen molar-refractivity contribution >= 4 is 17.6 Å². The summed E-state index contributed by atoms with van der Waals surface area (Å²) in [5.74, 6) is 0.665. The smallest absolute Gasteiger partial charge is 0.291 e. The molecule has 1 aliphatic heterocycles. The number of oxazole rings is 1. The van der Waals surface area contributed by atoms with Gasteiger partial charge in [-0.3, -0.25) is 9.59 Å². The molecule has 7 nitrogen and oxygen atoms in total. The zero-order valence-electron chi connectivity index (χ0n) is 13.1. The van der Waals surface area contributed by atoms with Crippen molar-refractivity contribution < 1.29 is 14.0 Å². The molecule has 1 fully saturated rings. The summed E-state index contributed by atoms with van der Waals surface area (Å²) in [4.78, 5) is 34.5. The molecule has 2 aromatic rings. The summed E-state index contributed by atoms with van der Waals surface area (Å²) in [7, 11) is 0. The summed E-state index contributed by atoms with van der Waals surface area (Å²) < 4.78 is 5.37. The molecule has 2 amide bonds. The molecule has 23 heavy (non-hydrogen) atoms. The summed E-state index contributed by atoms with van der Waals surface area (Å²) in [6, 6.07) is 5.33. The van der Waals surface area contributed by atoms with Gasteiger partial charge in [-0.1, -0.05) is 6.07 Å².